The summed E-state index contributed by atoms with van der Waals surface area (Å²) in [5.74, 6) is -0.435. The SMILES string of the molecule is O=C(NCCc1cn2ccsc2n1)c1cc2ccccc2oc1=O. The second kappa shape index (κ2) is 5.93. The number of hydrogen-bond acceptors (Lipinski definition) is 5. The molecular weight excluding hydrogens is 326 g/mol. The Hall–Kier alpha value is -2.93. The lowest BCUT2D eigenvalue weighted by Crippen LogP contribution is -2.29. The van der Waals surface area contributed by atoms with Gasteiger partial charge in [-0.25, -0.2) is 9.78 Å². The third-order valence-electron chi connectivity index (χ3n) is 3.70. The summed E-state index contributed by atoms with van der Waals surface area (Å²) in [5.41, 5.74) is 0.748. The second-order valence-electron chi connectivity index (χ2n) is 5.32. The van der Waals surface area contributed by atoms with Crippen LogP contribution in [0.3, 0.4) is 0 Å². The number of nitrogens with zero attached hydrogens (tertiary/aromatic N) is 2. The summed E-state index contributed by atoms with van der Waals surface area (Å²) in [6.07, 6.45) is 4.47. The molecule has 0 aliphatic carbocycles. The molecule has 24 heavy (non-hydrogen) atoms. The summed E-state index contributed by atoms with van der Waals surface area (Å²) < 4.78 is 7.12. The van der Waals surface area contributed by atoms with Gasteiger partial charge in [-0.1, -0.05) is 18.2 Å². The zero-order valence-corrected chi connectivity index (χ0v) is 13.4. The molecule has 6 nitrogen and oxygen atoms in total. The van der Waals surface area contributed by atoms with Gasteiger partial charge in [0.1, 0.15) is 11.1 Å². The van der Waals surface area contributed by atoms with Gasteiger partial charge in [0.25, 0.3) is 5.91 Å². The average molecular weight is 339 g/mol. The largest absolute Gasteiger partial charge is 0.422 e. The number of carbonyl (C=O) groups excluding carboxylic acids is 1. The predicted molar refractivity (Wildman–Crippen MR) is 91.6 cm³/mol. The van der Waals surface area contributed by atoms with Crippen LogP contribution in [0.1, 0.15) is 16.1 Å². The first-order valence-corrected chi connectivity index (χ1v) is 8.31. The molecule has 120 valence electrons. The highest BCUT2D eigenvalue weighted by atomic mass is 32.1. The number of hydrogen-bond donors (Lipinski definition) is 1. The Labute approximate surface area is 140 Å². The van der Waals surface area contributed by atoms with E-state index < -0.39 is 11.5 Å². The maximum absolute atomic E-state index is 12.2. The molecule has 0 bridgehead atoms. The summed E-state index contributed by atoms with van der Waals surface area (Å²) >= 11 is 1.56. The minimum atomic E-state index is -0.631. The number of benzene rings is 1. The zero-order valence-electron chi connectivity index (χ0n) is 12.6. The Morgan fingerprint density at radius 1 is 1.33 bits per heavy atom. The molecular formula is C17H13N3O3S. The van der Waals surface area contributed by atoms with E-state index in [-0.39, 0.29) is 5.56 Å². The lowest BCUT2D eigenvalue weighted by atomic mass is 10.2. The van der Waals surface area contributed by atoms with Gasteiger partial charge in [0.05, 0.1) is 5.69 Å². The van der Waals surface area contributed by atoms with Crippen LogP contribution in [0, 0.1) is 0 Å². The number of nitrogens with one attached hydrogen (secondary N) is 1. The monoisotopic (exact) mass is 339 g/mol. The first kappa shape index (κ1) is 14.6. The van der Waals surface area contributed by atoms with Crippen molar-refractivity contribution in [2.45, 2.75) is 6.42 Å². The van der Waals surface area contributed by atoms with E-state index >= 15 is 0 Å². The quantitative estimate of drug-likeness (QED) is 0.580. The van der Waals surface area contributed by atoms with Crippen molar-refractivity contribution in [3.8, 4) is 0 Å². The molecule has 1 aromatic carbocycles. The molecule has 0 aliphatic rings. The van der Waals surface area contributed by atoms with Crippen molar-refractivity contribution in [3.05, 3.63) is 69.8 Å². The minimum Gasteiger partial charge on any atom is -0.422 e. The van der Waals surface area contributed by atoms with Crippen molar-refractivity contribution in [1.82, 2.24) is 14.7 Å². The smallest absolute Gasteiger partial charge is 0.349 e. The molecule has 0 saturated heterocycles. The van der Waals surface area contributed by atoms with Crippen LogP contribution in [0.15, 0.2) is 57.3 Å². The van der Waals surface area contributed by atoms with Gasteiger partial charge in [-0.15, -0.1) is 11.3 Å². The fourth-order valence-corrected chi connectivity index (χ4v) is 3.24. The molecule has 0 aliphatic heterocycles. The summed E-state index contributed by atoms with van der Waals surface area (Å²) in [6, 6.07) is 8.66. The van der Waals surface area contributed by atoms with Gasteiger partial charge in [-0.05, 0) is 12.1 Å². The van der Waals surface area contributed by atoms with E-state index in [0.29, 0.717) is 18.5 Å². The van der Waals surface area contributed by atoms with E-state index in [4.69, 9.17) is 4.42 Å². The van der Waals surface area contributed by atoms with Crippen LogP contribution in [0.5, 0.6) is 0 Å². The van der Waals surface area contributed by atoms with E-state index in [1.165, 1.54) is 0 Å². The van der Waals surface area contributed by atoms with Gasteiger partial charge >= 0.3 is 5.63 Å². The molecule has 3 aromatic heterocycles. The highest BCUT2D eigenvalue weighted by Gasteiger charge is 2.13. The van der Waals surface area contributed by atoms with Crippen LogP contribution in [-0.2, 0) is 6.42 Å². The highest BCUT2D eigenvalue weighted by molar-refractivity contribution is 7.15. The normalized spacial score (nSPS) is 11.2. The van der Waals surface area contributed by atoms with E-state index in [1.54, 1.807) is 35.6 Å². The Morgan fingerprint density at radius 2 is 2.21 bits per heavy atom. The Bertz CT molecular complexity index is 1060. The first-order valence-electron chi connectivity index (χ1n) is 7.43. The van der Waals surface area contributed by atoms with Crippen molar-refractivity contribution >= 4 is 33.2 Å². The van der Waals surface area contributed by atoms with Crippen LogP contribution in [0.4, 0.5) is 0 Å². The second-order valence-corrected chi connectivity index (χ2v) is 6.19. The Kier molecular flexibility index (Phi) is 3.62. The maximum Gasteiger partial charge on any atom is 0.349 e. The molecule has 4 rings (SSSR count). The summed E-state index contributed by atoms with van der Waals surface area (Å²) in [7, 11) is 0. The van der Waals surface area contributed by atoms with Crippen LogP contribution in [0.25, 0.3) is 15.9 Å². The number of imidazole rings is 1. The van der Waals surface area contributed by atoms with E-state index in [2.05, 4.69) is 10.3 Å². The van der Waals surface area contributed by atoms with Gasteiger partial charge < -0.3 is 9.73 Å². The van der Waals surface area contributed by atoms with Crippen molar-refractivity contribution in [2.75, 3.05) is 6.54 Å². The van der Waals surface area contributed by atoms with E-state index in [1.807, 2.05) is 28.2 Å². The highest BCUT2D eigenvalue weighted by Crippen LogP contribution is 2.13. The molecule has 7 heteroatoms. The number of aromatic nitrogens is 2. The zero-order chi connectivity index (χ0) is 16.5. The molecule has 3 heterocycles. The number of rotatable bonds is 4. The van der Waals surface area contributed by atoms with Gasteiger partial charge in [0.2, 0.25) is 0 Å². The Morgan fingerprint density at radius 3 is 3.08 bits per heavy atom. The third-order valence-corrected chi connectivity index (χ3v) is 4.47. The molecule has 0 saturated carbocycles. The molecule has 0 fully saturated rings. The van der Waals surface area contributed by atoms with Crippen LogP contribution < -0.4 is 10.9 Å². The molecule has 1 N–H and O–H groups in total. The molecule has 0 atom stereocenters. The third kappa shape index (κ3) is 2.69. The van der Waals surface area contributed by atoms with Crippen LogP contribution >= 0.6 is 11.3 Å². The predicted octanol–water partition coefficient (Wildman–Crippen LogP) is 2.47. The average Bonchev–Trinajstić information content (AvgIpc) is 3.15. The summed E-state index contributed by atoms with van der Waals surface area (Å²) in [4.78, 5) is 29.5. The summed E-state index contributed by atoms with van der Waals surface area (Å²) in [5, 5.41) is 5.43. The number of carbonyl (C=O) groups is 1. The number of thiazole rings is 1. The molecule has 0 unspecified atom stereocenters. The molecule has 0 radical (unpaired) electrons. The lowest BCUT2D eigenvalue weighted by Gasteiger charge is -2.04. The number of amides is 1. The molecule has 0 spiro atoms. The van der Waals surface area contributed by atoms with Crippen molar-refractivity contribution in [1.29, 1.82) is 0 Å². The van der Waals surface area contributed by atoms with E-state index in [0.717, 1.165) is 16.0 Å². The minimum absolute atomic E-state index is 0.0134. The standard InChI is InChI=1S/C17H13N3O3S/c21-15(13-9-11-3-1-2-4-14(11)23-16(13)22)18-6-5-12-10-20-7-8-24-17(20)19-12/h1-4,7-10H,5-6H2,(H,18,21). The van der Waals surface area contributed by atoms with Crippen molar-refractivity contribution in [2.24, 2.45) is 0 Å². The number of fused-ring (bicyclic) bond motifs is 2. The number of para-hydroxylation sites is 1. The summed E-state index contributed by atoms with van der Waals surface area (Å²) in [6.45, 7) is 0.399. The van der Waals surface area contributed by atoms with Crippen LogP contribution in [0.2, 0.25) is 0 Å². The van der Waals surface area contributed by atoms with E-state index in [9.17, 15) is 9.59 Å². The Balaban J connectivity index is 1.46. The van der Waals surface area contributed by atoms with Crippen molar-refractivity contribution in [3.63, 3.8) is 0 Å². The fourth-order valence-electron chi connectivity index (χ4n) is 2.52. The topological polar surface area (TPSA) is 76.6 Å². The fraction of sp³-hybridized carbons (Fsp3) is 0.118. The maximum atomic E-state index is 12.2. The molecule has 4 aromatic rings. The lowest BCUT2D eigenvalue weighted by molar-refractivity contribution is 0.0950. The van der Waals surface area contributed by atoms with Gasteiger partial charge in [0, 0.05) is 36.1 Å². The van der Waals surface area contributed by atoms with Gasteiger partial charge in [-0.2, -0.15) is 0 Å². The van der Waals surface area contributed by atoms with Crippen molar-refractivity contribution < 1.29 is 9.21 Å². The van der Waals surface area contributed by atoms with Gasteiger partial charge in [0.15, 0.2) is 4.96 Å². The van der Waals surface area contributed by atoms with Crippen LogP contribution in [-0.4, -0.2) is 21.8 Å². The first-order chi connectivity index (χ1) is 11.7. The molecule has 1 amide bonds. The van der Waals surface area contributed by atoms with Gasteiger partial charge in [-0.3, -0.25) is 9.20 Å².